The number of thioether (sulfide) groups is 1. The number of benzene rings is 1. The minimum atomic E-state index is 0.117. The first-order valence-electron chi connectivity index (χ1n) is 6.14. The van der Waals surface area contributed by atoms with Gasteiger partial charge >= 0.3 is 0 Å². The van der Waals surface area contributed by atoms with Gasteiger partial charge in [-0.2, -0.15) is 5.10 Å². The fourth-order valence-corrected chi connectivity index (χ4v) is 3.18. The lowest BCUT2D eigenvalue weighted by molar-refractivity contribution is 0.101. The van der Waals surface area contributed by atoms with Crippen LogP contribution in [0.15, 0.2) is 45.9 Å². The summed E-state index contributed by atoms with van der Waals surface area (Å²) in [7, 11) is 0. The molecule has 1 aromatic carbocycles. The zero-order valence-electron chi connectivity index (χ0n) is 10.7. The van der Waals surface area contributed by atoms with Gasteiger partial charge in [-0.15, -0.1) is 11.8 Å². The van der Waals surface area contributed by atoms with Gasteiger partial charge in [-0.05, 0) is 40.5 Å². The Bertz CT molecular complexity index is 568. The first kappa shape index (κ1) is 14.3. The first-order chi connectivity index (χ1) is 9.22. The zero-order chi connectivity index (χ0) is 13.7. The number of carbonyl (C=O) groups excluding carboxylic acids is 1. The summed E-state index contributed by atoms with van der Waals surface area (Å²) in [5.74, 6) is 0.546. The van der Waals surface area contributed by atoms with E-state index in [0.717, 1.165) is 22.3 Å². The summed E-state index contributed by atoms with van der Waals surface area (Å²) < 4.78 is 2.80. The van der Waals surface area contributed by atoms with Gasteiger partial charge in [0, 0.05) is 22.1 Å². The maximum atomic E-state index is 12.2. The third-order valence-electron chi connectivity index (χ3n) is 2.63. The molecular weight excluding hydrogens is 324 g/mol. The molecule has 1 heterocycles. The summed E-state index contributed by atoms with van der Waals surface area (Å²) in [5, 5.41) is 4.18. The Morgan fingerprint density at radius 1 is 1.37 bits per heavy atom. The summed E-state index contributed by atoms with van der Waals surface area (Å²) in [5.41, 5.74) is 0.696. The van der Waals surface area contributed by atoms with Crippen LogP contribution in [0.3, 0.4) is 0 Å². The quantitative estimate of drug-likeness (QED) is 0.589. The van der Waals surface area contributed by atoms with Gasteiger partial charge in [-0.25, -0.2) is 0 Å². The molecule has 0 N–H and O–H groups in total. The summed E-state index contributed by atoms with van der Waals surface area (Å²) in [6.07, 6.45) is 2.66. The third-order valence-corrected chi connectivity index (χ3v) is 4.66. The lowest BCUT2D eigenvalue weighted by Gasteiger charge is -2.06. The fourth-order valence-electron chi connectivity index (χ4n) is 1.74. The van der Waals surface area contributed by atoms with E-state index in [1.807, 2.05) is 24.3 Å². The molecule has 0 spiro atoms. The highest BCUT2D eigenvalue weighted by atomic mass is 79.9. The van der Waals surface area contributed by atoms with Crippen molar-refractivity contribution in [2.45, 2.75) is 24.8 Å². The second-order valence-corrected chi connectivity index (χ2v) is 5.95. The highest BCUT2D eigenvalue weighted by Gasteiger charge is 2.12. The Morgan fingerprint density at radius 3 is 2.89 bits per heavy atom. The number of carbonyl (C=O) groups is 1. The van der Waals surface area contributed by atoms with Crippen molar-refractivity contribution >= 4 is 33.5 Å². The van der Waals surface area contributed by atoms with E-state index in [0.29, 0.717) is 11.4 Å². The molecule has 0 saturated heterocycles. The number of halogens is 1. The third kappa shape index (κ3) is 3.70. The maximum Gasteiger partial charge on any atom is 0.191 e. The zero-order valence-corrected chi connectivity index (χ0v) is 13.1. The minimum absolute atomic E-state index is 0.117. The van der Waals surface area contributed by atoms with E-state index in [-0.39, 0.29) is 5.78 Å². The standard InChI is InChI=1S/C14H15BrN2OS/c1-2-9-17-12(7-8-16-17)13(18)10-19-14-6-4-3-5-11(14)15/h3-8H,2,9-10H2,1H3. The molecule has 5 heteroatoms. The van der Waals surface area contributed by atoms with Crippen LogP contribution < -0.4 is 0 Å². The van der Waals surface area contributed by atoms with Crippen LogP contribution in [0.4, 0.5) is 0 Å². The number of ketones is 1. The molecule has 0 amide bonds. The molecule has 0 fully saturated rings. The van der Waals surface area contributed by atoms with Crippen LogP contribution in [0.2, 0.25) is 0 Å². The van der Waals surface area contributed by atoms with Gasteiger partial charge in [0.1, 0.15) is 5.69 Å². The van der Waals surface area contributed by atoms with E-state index >= 15 is 0 Å². The van der Waals surface area contributed by atoms with Crippen LogP contribution in [0, 0.1) is 0 Å². The summed E-state index contributed by atoms with van der Waals surface area (Å²) in [4.78, 5) is 13.3. The molecule has 19 heavy (non-hydrogen) atoms. The van der Waals surface area contributed by atoms with Gasteiger partial charge in [0.2, 0.25) is 0 Å². The highest BCUT2D eigenvalue weighted by molar-refractivity contribution is 9.10. The van der Waals surface area contributed by atoms with Gasteiger partial charge in [0.05, 0.1) is 5.75 Å². The second-order valence-electron chi connectivity index (χ2n) is 4.08. The molecule has 0 saturated carbocycles. The van der Waals surface area contributed by atoms with E-state index in [1.165, 1.54) is 0 Å². The normalized spacial score (nSPS) is 10.6. The number of hydrogen-bond donors (Lipinski definition) is 0. The smallest absolute Gasteiger partial charge is 0.191 e. The molecule has 0 radical (unpaired) electrons. The molecule has 1 aromatic heterocycles. The van der Waals surface area contributed by atoms with E-state index in [1.54, 1.807) is 28.7 Å². The Kier molecular flexibility index (Phi) is 5.22. The molecule has 2 aromatic rings. The van der Waals surface area contributed by atoms with Gasteiger partial charge in [-0.3, -0.25) is 9.48 Å². The Labute approximate surface area is 125 Å². The summed E-state index contributed by atoms with van der Waals surface area (Å²) in [6, 6.07) is 9.71. The first-order valence-corrected chi connectivity index (χ1v) is 7.92. The molecule has 0 bridgehead atoms. The van der Waals surface area contributed by atoms with Crippen LogP contribution >= 0.6 is 27.7 Å². The molecule has 0 unspecified atom stereocenters. The maximum absolute atomic E-state index is 12.2. The molecule has 2 rings (SSSR count). The number of hydrogen-bond acceptors (Lipinski definition) is 3. The SMILES string of the molecule is CCCn1nccc1C(=O)CSc1ccccc1Br. The van der Waals surface area contributed by atoms with Crippen molar-refractivity contribution in [3.05, 3.63) is 46.7 Å². The van der Waals surface area contributed by atoms with Crippen molar-refractivity contribution in [3.63, 3.8) is 0 Å². The molecule has 3 nitrogen and oxygen atoms in total. The van der Waals surface area contributed by atoms with Crippen molar-refractivity contribution in [1.82, 2.24) is 9.78 Å². The molecular formula is C14H15BrN2OS. The molecule has 0 atom stereocenters. The number of aryl methyl sites for hydroxylation is 1. The van der Waals surface area contributed by atoms with Crippen LogP contribution in [0.1, 0.15) is 23.8 Å². The van der Waals surface area contributed by atoms with E-state index < -0.39 is 0 Å². The van der Waals surface area contributed by atoms with Crippen molar-refractivity contribution in [3.8, 4) is 0 Å². The molecule has 0 aliphatic heterocycles. The second kappa shape index (κ2) is 6.91. The van der Waals surface area contributed by atoms with Crippen molar-refractivity contribution in [1.29, 1.82) is 0 Å². The lowest BCUT2D eigenvalue weighted by atomic mass is 10.3. The van der Waals surface area contributed by atoms with E-state index in [2.05, 4.69) is 28.0 Å². The number of aromatic nitrogens is 2. The van der Waals surface area contributed by atoms with Crippen LogP contribution in [0.5, 0.6) is 0 Å². The molecule has 100 valence electrons. The average Bonchev–Trinajstić information content (AvgIpc) is 2.86. The van der Waals surface area contributed by atoms with Crippen LogP contribution in [-0.4, -0.2) is 21.3 Å². The van der Waals surface area contributed by atoms with Crippen molar-refractivity contribution in [2.24, 2.45) is 0 Å². The van der Waals surface area contributed by atoms with Gasteiger partial charge < -0.3 is 0 Å². The summed E-state index contributed by atoms with van der Waals surface area (Å²) in [6.45, 7) is 2.86. The largest absolute Gasteiger partial charge is 0.292 e. The van der Waals surface area contributed by atoms with E-state index in [4.69, 9.17) is 0 Å². The fraction of sp³-hybridized carbons (Fsp3) is 0.286. The van der Waals surface area contributed by atoms with Crippen molar-refractivity contribution in [2.75, 3.05) is 5.75 Å². The van der Waals surface area contributed by atoms with Crippen molar-refractivity contribution < 1.29 is 4.79 Å². The van der Waals surface area contributed by atoms with Gasteiger partial charge in [0.25, 0.3) is 0 Å². The number of nitrogens with zero attached hydrogens (tertiary/aromatic N) is 2. The number of rotatable bonds is 6. The van der Waals surface area contributed by atoms with Gasteiger partial charge in [0.15, 0.2) is 5.78 Å². The molecule has 0 aliphatic carbocycles. The lowest BCUT2D eigenvalue weighted by Crippen LogP contribution is -2.12. The van der Waals surface area contributed by atoms with Gasteiger partial charge in [-0.1, -0.05) is 19.1 Å². The van der Waals surface area contributed by atoms with E-state index in [9.17, 15) is 4.79 Å². The van der Waals surface area contributed by atoms with Crippen LogP contribution in [0.25, 0.3) is 0 Å². The predicted octanol–water partition coefficient (Wildman–Crippen LogP) is 4.03. The summed E-state index contributed by atoms with van der Waals surface area (Å²) >= 11 is 5.03. The highest BCUT2D eigenvalue weighted by Crippen LogP contribution is 2.27. The predicted molar refractivity (Wildman–Crippen MR) is 81.7 cm³/mol. The monoisotopic (exact) mass is 338 g/mol. The van der Waals surface area contributed by atoms with Crippen LogP contribution in [-0.2, 0) is 6.54 Å². The Balaban J connectivity index is 2.02. The minimum Gasteiger partial charge on any atom is -0.292 e. The Hall–Kier alpha value is -1.07. The average molecular weight is 339 g/mol. The topological polar surface area (TPSA) is 34.9 Å². The molecule has 0 aliphatic rings. The Morgan fingerprint density at radius 2 is 2.16 bits per heavy atom. The number of Topliss-reactive ketones (excluding diaryl/α,β-unsaturated/α-hetero) is 1.